The van der Waals surface area contributed by atoms with Crippen molar-refractivity contribution in [3.63, 3.8) is 0 Å². The summed E-state index contributed by atoms with van der Waals surface area (Å²) in [5.41, 5.74) is -0.330. The first-order chi connectivity index (χ1) is 9.77. The number of hydrogen-bond acceptors (Lipinski definition) is 4. The quantitative estimate of drug-likeness (QED) is 0.654. The highest BCUT2D eigenvalue weighted by Crippen LogP contribution is 2.19. The molecule has 0 aromatic heterocycles. The van der Waals surface area contributed by atoms with Gasteiger partial charge in [0, 0.05) is 11.1 Å². The van der Waals surface area contributed by atoms with Gasteiger partial charge in [-0.3, -0.25) is 4.79 Å². The zero-order valence-corrected chi connectivity index (χ0v) is 11.7. The van der Waals surface area contributed by atoms with Crippen molar-refractivity contribution in [2.24, 2.45) is 0 Å². The van der Waals surface area contributed by atoms with E-state index in [0.29, 0.717) is 0 Å². The van der Waals surface area contributed by atoms with E-state index in [1.54, 1.807) is 0 Å². The first-order valence-corrected chi connectivity index (χ1v) is 5.88. The minimum Gasteiger partial charge on any atom is -0.478 e. The summed E-state index contributed by atoms with van der Waals surface area (Å²) in [6.45, 7) is 2.58. The van der Waals surface area contributed by atoms with Crippen LogP contribution in [-0.4, -0.2) is 30.1 Å². The van der Waals surface area contributed by atoms with Gasteiger partial charge in [0.1, 0.15) is 5.82 Å². The zero-order valence-electron chi connectivity index (χ0n) is 11.7. The number of carbonyl (C=O) groups excluding carboxylic acids is 2. The molecule has 0 heterocycles. The molecule has 1 aromatic rings. The summed E-state index contributed by atoms with van der Waals surface area (Å²) in [7, 11) is 1.15. The highest BCUT2D eigenvalue weighted by Gasteiger charge is 2.17. The number of esters is 1. The number of rotatable bonds is 4. The van der Waals surface area contributed by atoms with Crippen molar-refractivity contribution in [3.05, 3.63) is 40.7 Å². The Kier molecular flexibility index (Phi) is 5.18. The smallest absolute Gasteiger partial charge is 0.339 e. The summed E-state index contributed by atoms with van der Waals surface area (Å²) < 4.78 is 17.8. The minimum atomic E-state index is -1.24. The van der Waals surface area contributed by atoms with Crippen molar-refractivity contribution in [2.45, 2.75) is 13.8 Å². The van der Waals surface area contributed by atoms with E-state index in [2.05, 4.69) is 10.1 Å². The number of aliphatic carboxylic acids is 1. The summed E-state index contributed by atoms with van der Waals surface area (Å²) in [6, 6.07) is 3.17. The summed E-state index contributed by atoms with van der Waals surface area (Å²) in [5, 5.41) is 11.1. The molecule has 0 saturated carbocycles. The van der Waals surface area contributed by atoms with Crippen LogP contribution in [0.5, 0.6) is 0 Å². The van der Waals surface area contributed by atoms with Gasteiger partial charge in [0.15, 0.2) is 0 Å². The van der Waals surface area contributed by atoms with Crippen LogP contribution in [0, 0.1) is 5.82 Å². The van der Waals surface area contributed by atoms with Gasteiger partial charge in [-0.1, -0.05) is 0 Å². The van der Waals surface area contributed by atoms with Gasteiger partial charge in [0.25, 0.3) is 5.91 Å². The number of ether oxygens (including phenoxy) is 1. The number of benzene rings is 1. The molecular weight excluding hydrogens is 281 g/mol. The molecule has 0 spiro atoms. The van der Waals surface area contributed by atoms with Crippen LogP contribution in [-0.2, 0) is 14.3 Å². The topological polar surface area (TPSA) is 92.7 Å². The van der Waals surface area contributed by atoms with Crippen LogP contribution in [0.2, 0.25) is 0 Å². The van der Waals surface area contributed by atoms with E-state index in [4.69, 9.17) is 5.11 Å². The van der Waals surface area contributed by atoms with Crippen LogP contribution in [0.15, 0.2) is 29.3 Å². The van der Waals surface area contributed by atoms with Crippen LogP contribution < -0.4 is 5.32 Å². The fourth-order valence-corrected chi connectivity index (χ4v) is 1.45. The lowest BCUT2D eigenvalue weighted by Crippen LogP contribution is -2.18. The Morgan fingerprint density at radius 2 is 1.81 bits per heavy atom. The van der Waals surface area contributed by atoms with E-state index in [0.717, 1.165) is 19.2 Å². The second-order valence-corrected chi connectivity index (χ2v) is 4.19. The van der Waals surface area contributed by atoms with Crippen molar-refractivity contribution in [1.29, 1.82) is 0 Å². The van der Waals surface area contributed by atoms with Crippen LogP contribution in [0.1, 0.15) is 24.2 Å². The predicted molar refractivity (Wildman–Crippen MR) is 72.4 cm³/mol. The summed E-state index contributed by atoms with van der Waals surface area (Å²) in [5.74, 6) is -3.39. The lowest BCUT2D eigenvalue weighted by atomic mass is 10.1. The molecule has 0 aliphatic carbocycles. The number of halogens is 1. The molecule has 1 amide bonds. The third-order valence-electron chi connectivity index (χ3n) is 2.86. The van der Waals surface area contributed by atoms with Crippen molar-refractivity contribution < 1.29 is 28.6 Å². The van der Waals surface area contributed by atoms with Gasteiger partial charge in [0.05, 0.1) is 18.4 Å². The number of carboxylic acids is 1. The Labute approximate surface area is 120 Å². The molecule has 2 N–H and O–H groups in total. The van der Waals surface area contributed by atoms with Gasteiger partial charge in [0.2, 0.25) is 0 Å². The Bertz CT molecular complexity index is 636. The Morgan fingerprint density at radius 3 is 2.33 bits per heavy atom. The maximum atomic E-state index is 13.2. The molecule has 7 heteroatoms. The predicted octanol–water partition coefficient (Wildman–Crippen LogP) is 1.97. The summed E-state index contributed by atoms with van der Waals surface area (Å²) in [6.07, 6.45) is 0. The van der Waals surface area contributed by atoms with Gasteiger partial charge < -0.3 is 15.2 Å². The number of anilines is 1. The maximum absolute atomic E-state index is 13.2. The van der Waals surface area contributed by atoms with Crippen molar-refractivity contribution in [2.75, 3.05) is 12.4 Å². The molecule has 112 valence electrons. The maximum Gasteiger partial charge on any atom is 0.339 e. The lowest BCUT2D eigenvalue weighted by Gasteiger charge is -2.11. The van der Waals surface area contributed by atoms with Crippen LogP contribution in [0.3, 0.4) is 0 Å². The molecular formula is C14H14FNO5. The molecule has 0 radical (unpaired) electrons. The van der Waals surface area contributed by atoms with E-state index in [9.17, 15) is 18.8 Å². The fourth-order valence-electron chi connectivity index (χ4n) is 1.45. The molecule has 0 atom stereocenters. The number of methoxy groups -OCH3 is 1. The highest BCUT2D eigenvalue weighted by atomic mass is 19.1. The van der Waals surface area contributed by atoms with Crippen molar-refractivity contribution in [3.8, 4) is 0 Å². The second-order valence-electron chi connectivity index (χ2n) is 4.19. The molecule has 0 aliphatic rings. The van der Waals surface area contributed by atoms with Crippen LogP contribution in [0.25, 0.3) is 0 Å². The monoisotopic (exact) mass is 295 g/mol. The van der Waals surface area contributed by atoms with Gasteiger partial charge in [-0.2, -0.15) is 0 Å². The zero-order chi connectivity index (χ0) is 16.2. The molecule has 0 unspecified atom stereocenters. The number of carboxylic acid groups (broad SMARTS) is 1. The Hall–Kier alpha value is -2.70. The number of hydrogen-bond donors (Lipinski definition) is 2. The Balaban J connectivity index is 3.16. The van der Waals surface area contributed by atoms with E-state index in [-0.39, 0.29) is 22.4 Å². The molecule has 0 saturated heterocycles. The van der Waals surface area contributed by atoms with Gasteiger partial charge in [-0.25, -0.2) is 14.0 Å². The highest BCUT2D eigenvalue weighted by molar-refractivity contribution is 6.10. The molecule has 0 fully saturated rings. The van der Waals surface area contributed by atoms with Gasteiger partial charge >= 0.3 is 11.9 Å². The van der Waals surface area contributed by atoms with Crippen LogP contribution in [0.4, 0.5) is 10.1 Å². The Morgan fingerprint density at radius 1 is 1.19 bits per heavy atom. The lowest BCUT2D eigenvalue weighted by molar-refractivity contribution is -0.133. The number of carbonyl (C=O) groups is 3. The first kappa shape index (κ1) is 16.4. The fraction of sp³-hybridized carbons (Fsp3) is 0.214. The average molecular weight is 295 g/mol. The van der Waals surface area contributed by atoms with Gasteiger partial charge in [-0.15, -0.1) is 0 Å². The van der Waals surface area contributed by atoms with Crippen molar-refractivity contribution in [1.82, 2.24) is 0 Å². The molecule has 6 nitrogen and oxygen atoms in total. The third kappa shape index (κ3) is 3.88. The van der Waals surface area contributed by atoms with Crippen LogP contribution >= 0.6 is 0 Å². The SMILES string of the molecule is COC(=O)c1ccc(F)cc1NC(=O)C(C)=C(C)C(=O)O. The van der Waals surface area contributed by atoms with Crippen molar-refractivity contribution >= 4 is 23.5 Å². The molecule has 1 rings (SSSR count). The average Bonchev–Trinajstić information content (AvgIpc) is 2.44. The molecule has 0 bridgehead atoms. The van der Waals surface area contributed by atoms with E-state index >= 15 is 0 Å². The van der Waals surface area contributed by atoms with E-state index < -0.39 is 23.7 Å². The number of nitrogens with one attached hydrogen (secondary N) is 1. The summed E-state index contributed by atoms with van der Waals surface area (Å²) >= 11 is 0. The van der Waals surface area contributed by atoms with E-state index in [1.807, 2.05) is 0 Å². The summed E-state index contributed by atoms with van der Waals surface area (Å²) in [4.78, 5) is 34.3. The normalized spacial score (nSPS) is 11.4. The molecule has 21 heavy (non-hydrogen) atoms. The van der Waals surface area contributed by atoms with Gasteiger partial charge in [-0.05, 0) is 32.0 Å². The largest absolute Gasteiger partial charge is 0.478 e. The second kappa shape index (κ2) is 6.65. The molecule has 1 aromatic carbocycles. The standard InChI is InChI=1S/C14H14FNO5/c1-7(8(2)13(18)19)12(17)16-11-6-9(15)4-5-10(11)14(20)21-3/h4-6H,1-3H3,(H,16,17)(H,18,19). The van der Waals surface area contributed by atoms with E-state index in [1.165, 1.54) is 19.9 Å². The minimum absolute atomic E-state index is 0.0342. The third-order valence-corrected chi connectivity index (χ3v) is 2.86. The molecule has 0 aliphatic heterocycles. The first-order valence-electron chi connectivity index (χ1n) is 5.88. The number of amides is 1.